The molecular formula is C11H14N6O2. The molecule has 2 N–H and O–H groups in total. The molecule has 0 radical (unpaired) electrons. The van der Waals surface area contributed by atoms with Gasteiger partial charge in [0.1, 0.15) is 17.9 Å². The summed E-state index contributed by atoms with van der Waals surface area (Å²) < 4.78 is 3.16. The van der Waals surface area contributed by atoms with Crippen molar-refractivity contribution in [3.63, 3.8) is 0 Å². The van der Waals surface area contributed by atoms with Crippen LogP contribution in [0.4, 0.5) is 0 Å². The Hall–Kier alpha value is -2.22. The molecule has 3 rings (SSSR count). The molecule has 3 heterocycles. The Balaban J connectivity index is 2.09. The van der Waals surface area contributed by atoms with Crippen LogP contribution in [0.3, 0.4) is 0 Å². The predicted octanol–water partition coefficient (Wildman–Crippen LogP) is -0.591. The maximum atomic E-state index is 10.9. The van der Waals surface area contributed by atoms with Crippen LogP contribution in [0.1, 0.15) is 11.3 Å². The highest BCUT2D eigenvalue weighted by molar-refractivity contribution is 5.67. The molecule has 0 spiro atoms. The van der Waals surface area contributed by atoms with Gasteiger partial charge in [0.2, 0.25) is 0 Å². The first-order valence-electron chi connectivity index (χ1n) is 6.03. The van der Waals surface area contributed by atoms with Gasteiger partial charge in [-0.15, -0.1) is 5.10 Å². The number of nitrogens with zero attached hydrogens (tertiary/aromatic N) is 5. The molecule has 0 fully saturated rings. The van der Waals surface area contributed by atoms with Crippen LogP contribution < -0.4 is 5.32 Å². The Morgan fingerprint density at radius 1 is 1.58 bits per heavy atom. The molecule has 0 amide bonds. The fraction of sp³-hybridized carbons (Fsp3) is 0.455. The number of fused-ring (bicyclic) bond motifs is 1. The van der Waals surface area contributed by atoms with E-state index in [2.05, 4.69) is 20.7 Å². The summed E-state index contributed by atoms with van der Waals surface area (Å²) in [6.45, 7) is 1.39. The molecule has 2 aromatic heterocycles. The fourth-order valence-corrected chi connectivity index (χ4v) is 2.34. The van der Waals surface area contributed by atoms with Crippen LogP contribution in [0.2, 0.25) is 0 Å². The van der Waals surface area contributed by atoms with Gasteiger partial charge >= 0.3 is 5.97 Å². The van der Waals surface area contributed by atoms with E-state index in [1.807, 2.05) is 0 Å². The lowest BCUT2D eigenvalue weighted by Gasteiger charge is -2.14. The number of aryl methyl sites for hydroxylation is 1. The van der Waals surface area contributed by atoms with Crippen molar-refractivity contribution < 1.29 is 9.90 Å². The number of aliphatic carboxylic acids is 1. The molecule has 8 nitrogen and oxygen atoms in total. The van der Waals surface area contributed by atoms with Gasteiger partial charge < -0.3 is 10.4 Å². The third-order valence-corrected chi connectivity index (χ3v) is 3.14. The van der Waals surface area contributed by atoms with Crippen LogP contribution >= 0.6 is 0 Å². The third-order valence-electron chi connectivity index (χ3n) is 3.14. The van der Waals surface area contributed by atoms with E-state index in [1.54, 1.807) is 22.6 Å². The zero-order chi connectivity index (χ0) is 13.4. The van der Waals surface area contributed by atoms with Gasteiger partial charge in [0.15, 0.2) is 0 Å². The molecule has 0 aliphatic carbocycles. The van der Waals surface area contributed by atoms with Gasteiger partial charge in [-0.2, -0.15) is 5.10 Å². The van der Waals surface area contributed by atoms with Crippen LogP contribution in [-0.4, -0.2) is 42.4 Å². The van der Waals surface area contributed by atoms with Gasteiger partial charge in [0, 0.05) is 37.8 Å². The molecule has 2 aromatic rings. The molecule has 0 unspecified atom stereocenters. The largest absolute Gasteiger partial charge is 0.480 e. The Labute approximate surface area is 109 Å². The number of hydrogen-bond donors (Lipinski definition) is 2. The van der Waals surface area contributed by atoms with Gasteiger partial charge in [-0.05, 0) is 0 Å². The zero-order valence-corrected chi connectivity index (χ0v) is 10.5. The number of carbonyl (C=O) groups is 1. The summed E-state index contributed by atoms with van der Waals surface area (Å²) in [5.41, 5.74) is 3.39. The average molecular weight is 262 g/mol. The minimum Gasteiger partial charge on any atom is -0.480 e. The smallest absolute Gasteiger partial charge is 0.325 e. The maximum Gasteiger partial charge on any atom is 0.325 e. The molecule has 100 valence electrons. The number of hydrogen-bond acceptors (Lipinski definition) is 5. The van der Waals surface area contributed by atoms with E-state index in [0.29, 0.717) is 12.2 Å². The van der Waals surface area contributed by atoms with E-state index in [-0.39, 0.29) is 6.54 Å². The fourth-order valence-electron chi connectivity index (χ4n) is 2.34. The number of nitrogens with one attached hydrogen (secondary N) is 1. The van der Waals surface area contributed by atoms with Crippen LogP contribution in [-0.2, 0) is 31.4 Å². The molecule has 0 atom stereocenters. The van der Waals surface area contributed by atoms with Gasteiger partial charge in [-0.25, -0.2) is 0 Å². The summed E-state index contributed by atoms with van der Waals surface area (Å²) in [4.78, 5) is 10.9. The Bertz CT molecular complexity index is 629. The van der Waals surface area contributed by atoms with Crippen molar-refractivity contribution in [3.8, 4) is 11.4 Å². The Morgan fingerprint density at radius 2 is 2.42 bits per heavy atom. The summed E-state index contributed by atoms with van der Waals surface area (Å²) >= 11 is 0. The van der Waals surface area contributed by atoms with Crippen LogP contribution in [0, 0.1) is 0 Å². The van der Waals surface area contributed by atoms with E-state index in [0.717, 1.165) is 29.9 Å². The lowest BCUT2D eigenvalue weighted by Crippen LogP contribution is -2.25. The number of aromatic nitrogens is 5. The van der Waals surface area contributed by atoms with Crippen molar-refractivity contribution in [1.29, 1.82) is 0 Å². The van der Waals surface area contributed by atoms with E-state index in [9.17, 15) is 4.79 Å². The van der Waals surface area contributed by atoms with Crippen LogP contribution in [0.25, 0.3) is 11.4 Å². The molecular weight excluding hydrogens is 248 g/mol. The van der Waals surface area contributed by atoms with Crippen molar-refractivity contribution in [2.24, 2.45) is 7.05 Å². The number of carboxylic acid groups (broad SMARTS) is 1. The van der Waals surface area contributed by atoms with Gasteiger partial charge in [-0.3, -0.25) is 14.2 Å². The Kier molecular flexibility index (Phi) is 2.79. The standard InChI is InChI=1S/C11H14N6O2/c1-16-5-8(13-15-16)11-7-4-12-3-2-9(7)17(14-11)6-10(18)19/h5,12H,2-4,6H2,1H3,(H,18,19). The van der Waals surface area contributed by atoms with E-state index < -0.39 is 5.97 Å². The average Bonchev–Trinajstić information content (AvgIpc) is 2.94. The summed E-state index contributed by atoms with van der Waals surface area (Å²) in [7, 11) is 1.79. The third kappa shape index (κ3) is 2.10. The van der Waals surface area contributed by atoms with Gasteiger partial charge in [-0.1, -0.05) is 5.21 Å². The highest BCUT2D eigenvalue weighted by Crippen LogP contribution is 2.25. The van der Waals surface area contributed by atoms with E-state index in [4.69, 9.17) is 5.11 Å². The first-order chi connectivity index (χ1) is 9.15. The second-order valence-corrected chi connectivity index (χ2v) is 4.53. The van der Waals surface area contributed by atoms with Crippen molar-refractivity contribution in [2.75, 3.05) is 6.54 Å². The van der Waals surface area contributed by atoms with Crippen molar-refractivity contribution >= 4 is 5.97 Å². The second kappa shape index (κ2) is 4.47. The molecule has 19 heavy (non-hydrogen) atoms. The summed E-state index contributed by atoms with van der Waals surface area (Å²) in [5, 5.41) is 24.5. The summed E-state index contributed by atoms with van der Waals surface area (Å²) in [5.74, 6) is -0.894. The van der Waals surface area contributed by atoms with Crippen molar-refractivity contribution in [1.82, 2.24) is 30.1 Å². The van der Waals surface area contributed by atoms with Crippen molar-refractivity contribution in [3.05, 3.63) is 17.5 Å². The van der Waals surface area contributed by atoms with Gasteiger partial charge in [0.05, 0.1) is 6.20 Å². The lowest BCUT2D eigenvalue weighted by atomic mass is 10.1. The van der Waals surface area contributed by atoms with Crippen molar-refractivity contribution in [2.45, 2.75) is 19.5 Å². The minimum absolute atomic E-state index is 0.122. The van der Waals surface area contributed by atoms with Gasteiger partial charge in [0.25, 0.3) is 0 Å². The SMILES string of the molecule is Cn1cc(-c2nn(CC(=O)O)c3c2CNCC3)nn1. The normalized spacial score (nSPS) is 14.4. The number of carboxylic acids is 1. The predicted molar refractivity (Wildman–Crippen MR) is 65.3 cm³/mol. The lowest BCUT2D eigenvalue weighted by molar-refractivity contribution is -0.137. The molecule has 0 saturated carbocycles. The second-order valence-electron chi connectivity index (χ2n) is 4.53. The number of rotatable bonds is 3. The van der Waals surface area contributed by atoms with E-state index >= 15 is 0 Å². The van der Waals surface area contributed by atoms with E-state index in [1.165, 1.54) is 0 Å². The molecule has 8 heteroatoms. The minimum atomic E-state index is -0.894. The topological polar surface area (TPSA) is 97.9 Å². The summed E-state index contributed by atoms with van der Waals surface area (Å²) in [6, 6.07) is 0. The quantitative estimate of drug-likeness (QED) is 0.767. The van der Waals surface area contributed by atoms with Crippen LogP contribution in [0.5, 0.6) is 0 Å². The molecule has 0 aromatic carbocycles. The first kappa shape index (κ1) is 11.8. The molecule has 1 aliphatic rings. The Morgan fingerprint density at radius 3 is 3.11 bits per heavy atom. The first-order valence-corrected chi connectivity index (χ1v) is 6.03. The monoisotopic (exact) mass is 262 g/mol. The molecule has 1 aliphatic heterocycles. The molecule has 0 saturated heterocycles. The highest BCUT2D eigenvalue weighted by Gasteiger charge is 2.23. The highest BCUT2D eigenvalue weighted by atomic mass is 16.4. The zero-order valence-electron chi connectivity index (χ0n) is 10.5. The van der Waals surface area contributed by atoms with Crippen LogP contribution in [0.15, 0.2) is 6.20 Å². The molecule has 0 bridgehead atoms. The summed E-state index contributed by atoms with van der Waals surface area (Å²) in [6.07, 6.45) is 2.55. The maximum absolute atomic E-state index is 10.9.